The number of aryl methyl sites for hydroxylation is 3. The van der Waals surface area contributed by atoms with Crippen LogP contribution < -0.4 is 10.9 Å². The van der Waals surface area contributed by atoms with Crippen molar-refractivity contribution in [1.29, 1.82) is 0 Å². The fourth-order valence-electron chi connectivity index (χ4n) is 3.71. The van der Waals surface area contributed by atoms with Crippen molar-refractivity contribution in [1.82, 2.24) is 19.7 Å². The van der Waals surface area contributed by atoms with Crippen LogP contribution in [0.3, 0.4) is 0 Å². The summed E-state index contributed by atoms with van der Waals surface area (Å²) in [5.41, 5.74) is 4.39. The van der Waals surface area contributed by atoms with Crippen molar-refractivity contribution in [2.24, 2.45) is 0 Å². The Labute approximate surface area is 174 Å². The molecule has 0 aliphatic rings. The molecule has 0 spiro atoms. The van der Waals surface area contributed by atoms with Crippen LogP contribution in [0.2, 0.25) is 0 Å². The standard InChI is InChI=1S/C24H24N4O2/c1-16-9-11-19(12-10-16)13-25-22(29)15-27-17(2)21-14-26-28(20-7-5-4-6-8-20)24(30)23(21)18(27)3/h4-12,14H,13,15H2,1-3H3,(H,25,29). The van der Waals surface area contributed by atoms with Crippen LogP contribution >= 0.6 is 0 Å². The minimum atomic E-state index is -0.182. The number of benzene rings is 2. The lowest BCUT2D eigenvalue weighted by molar-refractivity contribution is -0.121. The Bertz CT molecular complexity index is 1270. The van der Waals surface area contributed by atoms with E-state index >= 15 is 0 Å². The highest BCUT2D eigenvalue weighted by Crippen LogP contribution is 2.22. The summed E-state index contributed by atoms with van der Waals surface area (Å²) in [5.74, 6) is -0.0987. The first kappa shape index (κ1) is 19.6. The molecule has 4 rings (SSSR count). The number of fused-ring (bicyclic) bond motifs is 1. The molecule has 0 aliphatic carbocycles. The minimum Gasteiger partial charge on any atom is -0.350 e. The second-order valence-electron chi connectivity index (χ2n) is 7.51. The predicted octanol–water partition coefficient (Wildman–Crippen LogP) is 3.43. The fourth-order valence-corrected chi connectivity index (χ4v) is 3.71. The Morgan fingerprint density at radius 1 is 0.967 bits per heavy atom. The van der Waals surface area contributed by atoms with Crippen molar-refractivity contribution in [3.8, 4) is 5.69 Å². The van der Waals surface area contributed by atoms with Crippen LogP contribution in [0, 0.1) is 20.8 Å². The molecule has 4 aromatic rings. The second kappa shape index (κ2) is 7.99. The van der Waals surface area contributed by atoms with E-state index in [0.717, 1.165) is 22.3 Å². The van der Waals surface area contributed by atoms with Gasteiger partial charge in [-0.3, -0.25) is 9.59 Å². The lowest BCUT2D eigenvalue weighted by Gasteiger charge is -2.10. The van der Waals surface area contributed by atoms with Gasteiger partial charge in [0.1, 0.15) is 6.54 Å². The molecule has 30 heavy (non-hydrogen) atoms. The first-order valence-electron chi connectivity index (χ1n) is 9.91. The molecule has 0 saturated carbocycles. The summed E-state index contributed by atoms with van der Waals surface area (Å²) in [6, 6.07) is 17.4. The second-order valence-corrected chi connectivity index (χ2v) is 7.51. The van der Waals surface area contributed by atoms with Crippen LogP contribution in [0.25, 0.3) is 16.5 Å². The molecule has 152 valence electrons. The molecule has 0 saturated heterocycles. The van der Waals surface area contributed by atoms with Crippen LogP contribution in [0.15, 0.2) is 65.6 Å². The highest BCUT2D eigenvalue weighted by atomic mass is 16.2. The fraction of sp³-hybridized carbons (Fsp3) is 0.208. The van der Waals surface area contributed by atoms with E-state index in [1.54, 1.807) is 6.20 Å². The number of carbonyl (C=O) groups is 1. The molecule has 6 heteroatoms. The normalized spacial score (nSPS) is 11.0. The number of hydrogen-bond donors (Lipinski definition) is 1. The van der Waals surface area contributed by atoms with Crippen molar-refractivity contribution in [3.05, 3.63) is 93.7 Å². The molecule has 1 amide bonds. The number of nitrogens with one attached hydrogen (secondary N) is 1. The lowest BCUT2D eigenvalue weighted by atomic mass is 10.1. The highest BCUT2D eigenvalue weighted by molar-refractivity contribution is 5.88. The van der Waals surface area contributed by atoms with Gasteiger partial charge in [0.25, 0.3) is 5.56 Å². The van der Waals surface area contributed by atoms with E-state index in [0.29, 0.717) is 17.6 Å². The Hall–Kier alpha value is -3.67. The Balaban J connectivity index is 1.61. The summed E-state index contributed by atoms with van der Waals surface area (Å²) in [7, 11) is 0. The molecule has 0 fully saturated rings. The Morgan fingerprint density at radius 3 is 2.37 bits per heavy atom. The third kappa shape index (κ3) is 3.64. The maximum absolute atomic E-state index is 13.1. The third-order valence-corrected chi connectivity index (χ3v) is 5.45. The summed E-state index contributed by atoms with van der Waals surface area (Å²) < 4.78 is 3.28. The van der Waals surface area contributed by atoms with Crippen molar-refractivity contribution in [3.63, 3.8) is 0 Å². The topological polar surface area (TPSA) is 68.9 Å². The predicted molar refractivity (Wildman–Crippen MR) is 118 cm³/mol. The number of carbonyl (C=O) groups excluding carboxylic acids is 1. The minimum absolute atomic E-state index is 0.0987. The molecule has 2 heterocycles. The maximum atomic E-state index is 13.1. The number of nitrogens with zero attached hydrogens (tertiary/aromatic N) is 3. The molecular formula is C24H24N4O2. The van der Waals surface area contributed by atoms with Gasteiger partial charge in [0, 0.05) is 23.3 Å². The van der Waals surface area contributed by atoms with E-state index in [9.17, 15) is 9.59 Å². The Kier molecular flexibility index (Phi) is 5.23. The van der Waals surface area contributed by atoms with Gasteiger partial charge in [-0.05, 0) is 38.5 Å². The van der Waals surface area contributed by atoms with Gasteiger partial charge < -0.3 is 9.88 Å². The first-order chi connectivity index (χ1) is 14.5. The van der Waals surface area contributed by atoms with Gasteiger partial charge in [0.15, 0.2) is 0 Å². The highest BCUT2D eigenvalue weighted by Gasteiger charge is 2.18. The average Bonchev–Trinajstić information content (AvgIpc) is 2.99. The summed E-state index contributed by atoms with van der Waals surface area (Å²) in [6.07, 6.45) is 1.70. The van der Waals surface area contributed by atoms with E-state index in [2.05, 4.69) is 10.4 Å². The molecule has 1 N–H and O–H groups in total. The molecule has 0 atom stereocenters. The van der Waals surface area contributed by atoms with E-state index in [-0.39, 0.29) is 18.0 Å². The number of hydrogen-bond acceptors (Lipinski definition) is 3. The smallest absolute Gasteiger partial charge is 0.281 e. The summed E-state index contributed by atoms with van der Waals surface area (Å²) >= 11 is 0. The van der Waals surface area contributed by atoms with Crippen molar-refractivity contribution in [2.45, 2.75) is 33.9 Å². The monoisotopic (exact) mass is 400 g/mol. The molecule has 0 bridgehead atoms. The zero-order chi connectivity index (χ0) is 21.3. The summed E-state index contributed by atoms with van der Waals surface area (Å²) in [5, 5.41) is 8.67. The molecule has 0 aliphatic heterocycles. The van der Waals surface area contributed by atoms with Crippen LogP contribution in [0.5, 0.6) is 0 Å². The Morgan fingerprint density at radius 2 is 1.67 bits per heavy atom. The largest absolute Gasteiger partial charge is 0.350 e. The average molecular weight is 400 g/mol. The van der Waals surface area contributed by atoms with Gasteiger partial charge in [0.2, 0.25) is 5.91 Å². The number of para-hydroxylation sites is 1. The molecule has 6 nitrogen and oxygen atoms in total. The molecule has 0 radical (unpaired) electrons. The van der Waals surface area contributed by atoms with Crippen LogP contribution in [-0.4, -0.2) is 20.3 Å². The van der Waals surface area contributed by atoms with Gasteiger partial charge in [-0.25, -0.2) is 0 Å². The van der Waals surface area contributed by atoms with E-state index in [4.69, 9.17) is 0 Å². The van der Waals surface area contributed by atoms with E-state index < -0.39 is 0 Å². The molecule has 2 aromatic carbocycles. The summed E-state index contributed by atoms with van der Waals surface area (Å²) in [6.45, 7) is 6.45. The zero-order valence-corrected chi connectivity index (χ0v) is 17.3. The van der Waals surface area contributed by atoms with E-state index in [1.165, 1.54) is 10.2 Å². The van der Waals surface area contributed by atoms with Crippen LogP contribution in [0.4, 0.5) is 0 Å². The molecular weight excluding hydrogens is 376 g/mol. The van der Waals surface area contributed by atoms with Crippen molar-refractivity contribution in [2.75, 3.05) is 0 Å². The quantitative estimate of drug-likeness (QED) is 0.558. The van der Waals surface area contributed by atoms with E-state index in [1.807, 2.05) is 79.9 Å². The molecule has 0 unspecified atom stereocenters. The lowest BCUT2D eigenvalue weighted by Crippen LogP contribution is -2.28. The first-order valence-corrected chi connectivity index (χ1v) is 9.91. The molecule has 2 aromatic heterocycles. The SMILES string of the molecule is Cc1ccc(CNC(=O)Cn2c(C)c3cnn(-c4ccccc4)c(=O)c3c2C)cc1. The van der Waals surface area contributed by atoms with Crippen LogP contribution in [-0.2, 0) is 17.9 Å². The third-order valence-electron chi connectivity index (χ3n) is 5.45. The maximum Gasteiger partial charge on any atom is 0.281 e. The zero-order valence-electron chi connectivity index (χ0n) is 17.3. The number of rotatable bonds is 5. The van der Waals surface area contributed by atoms with Gasteiger partial charge in [-0.2, -0.15) is 9.78 Å². The van der Waals surface area contributed by atoms with Gasteiger partial charge in [-0.1, -0.05) is 48.0 Å². The van der Waals surface area contributed by atoms with Gasteiger partial charge in [0.05, 0.1) is 17.3 Å². The van der Waals surface area contributed by atoms with Gasteiger partial charge in [-0.15, -0.1) is 0 Å². The summed E-state index contributed by atoms with van der Waals surface area (Å²) in [4.78, 5) is 25.7. The van der Waals surface area contributed by atoms with Crippen LogP contribution in [0.1, 0.15) is 22.5 Å². The van der Waals surface area contributed by atoms with Gasteiger partial charge >= 0.3 is 0 Å². The number of amides is 1. The van der Waals surface area contributed by atoms with Crippen molar-refractivity contribution >= 4 is 16.7 Å². The van der Waals surface area contributed by atoms with Crippen molar-refractivity contribution < 1.29 is 4.79 Å². The number of aromatic nitrogens is 3.